The van der Waals surface area contributed by atoms with E-state index in [4.69, 9.17) is 32.7 Å². The van der Waals surface area contributed by atoms with Crippen molar-refractivity contribution in [3.05, 3.63) is 52.5 Å². The molecule has 21 heavy (non-hydrogen) atoms. The molecule has 2 aromatic rings. The van der Waals surface area contributed by atoms with Crippen LogP contribution in [0.25, 0.3) is 0 Å². The first-order valence-electron chi connectivity index (χ1n) is 6.81. The van der Waals surface area contributed by atoms with Crippen molar-refractivity contribution in [2.45, 2.75) is 12.5 Å². The molecule has 1 atom stereocenters. The van der Waals surface area contributed by atoms with E-state index in [2.05, 4.69) is 5.32 Å². The number of ether oxygens (including phenoxy) is 2. The Kier molecular flexibility index (Phi) is 4.54. The minimum Gasteiger partial charge on any atom is -0.485 e. The summed E-state index contributed by atoms with van der Waals surface area (Å²) in [7, 11) is 0. The molecule has 1 fully saturated rings. The van der Waals surface area contributed by atoms with E-state index in [9.17, 15) is 0 Å². The van der Waals surface area contributed by atoms with Gasteiger partial charge < -0.3 is 14.8 Å². The van der Waals surface area contributed by atoms with Crippen LogP contribution in [0.3, 0.4) is 0 Å². The van der Waals surface area contributed by atoms with Gasteiger partial charge in [0.25, 0.3) is 0 Å². The van der Waals surface area contributed by atoms with Crippen LogP contribution in [0.5, 0.6) is 17.2 Å². The van der Waals surface area contributed by atoms with Gasteiger partial charge in [0.15, 0.2) is 11.5 Å². The zero-order valence-electron chi connectivity index (χ0n) is 11.3. The van der Waals surface area contributed by atoms with Gasteiger partial charge in [-0.2, -0.15) is 0 Å². The molecule has 0 amide bonds. The Morgan fingerprint density at radius 2 is 1.86 bits per heavy atom. The fraction of sp³-hybridized carbons (Fsp3) is 0.250. The summed E-state index contributed by atoms with van der Waals surface area (Å²) in [6.07, 6.45) is 1.15. The first-order valence-corrected chi connectivity index (χ1v) is 7.56. The molecule has 1 unspecified atom stereocenters. The van der Waals surface area contributed by atoms with E-state index in [-0.39, 0.29) is 6.10 Å². The molecule has 3 rings (SSSR count). The van der Waals surface area contributed by atoms with Crippen LogP contribution in [0, 0.1) is 0 Å². The summed E-state index contributed by atoms with van der Waals surface area (Å²) in [5, 5.41) is 4.49. The van der Waals surface area contributed by atoms with Gasteiger partial charge in [0.1, 0.15) is 11.9 Å². The number of rotatable bonds is 4. The zero-order chi connectivity index (χ0) is 14.7. The van der Waals surface area contributed by atoms with Crippen LogP contribution in [-0.2, 0) is 0 Å². The van der Waals surface area contributed by atoms with Crippen molar-refractivity contribution >= 4 is 23.2 Å². The molecular weight excluding hydrogens is 309 g/mol. The molecule has 1 heterocycles. The molecule has 0 saturated carbocycles. The molecule has 0 radical (unpaired) electrons. The molecular formula is C16H15Cl2NO2. The predicted molar refractivity (Wildman–Crippen MR) is 84.9 cm³/mol. The van der Waals surface area contributed by atoms with Gasteiger partial charge in [-0.3, -0.25) is 0 Å². The molecule has 110 valence electrons. The maximum absolute atomic E-state index is 6.06. The van der Waals surface area contributed by atoms with Crippen molar-refractivity contribution in [2.75, 3.05) is 13.1 Å². The number of benzene rings is 2. The van der Waals surface area contributed by atoms with Crippen LogP contribution in [0.4, 0.5) is 0 Å². The Hall–Kier alpha value is -1.42. The van der Waals surface area contributed by atoms with E-state index in [1.165, 1.54) is 0 Å². The zero-order valence-corrected chi connectivity index (χ0v) is 12.8. The lowest BCUT2D eigenvalue weighted by Crippen LogP contribution is -2.19. The Bertz CT molecular complexity index is 627. The third kappa shape index (κ3) is 3.82. The van der Waals surface area contributed by atoms with Crippen molar-refractivity contribution < 1.29 is 9.47 Å². The Balaban J connectivity index is 1.83. The first kappa shape index (κ1) is 14.5. The Morgan fingerprint density at radius 1 is 1.00 bits per heavy atom. The fourth-order valence-corrected chi connectivity index (χ4v) is 2.57. The highest BCUT2D eigenvalue weighted by molar-refractivity contribution is 6.31. The maximum atomic E-state index is 6.06. The lowest BCUT2D eigenvalue weighted by molar-refractivity contribution is 0.215. The van der Waals surface area contributed by atoms with E-state index in [0.717, 1.165) is 19.5 Å². The SMILES string of the molecule is Clc1cccc(Oc2cc(Cl)ccc2OC2CCNC2)c1. The highest BCUT2D eigenvalue weighted by Crippen LogP contribution is 2.35. The molecule has 1 N–H and O–H groups in total. The predicted octanol–water partition coefficient (Wildman–Crippen LogP) is 4.53. The second-order valence-electron chi connectivity index (χ2n) is 4.88. The van der Waals surface area contributed by atoms with Gasteiger partial charge in [-0.05, 0) is 43.3 Å². The van der Waals surface area contributed by atoms with Crippen LogP contribution < -0.4 is 14.8 Å². The second-order valence-corrected chi connectivity index (χ2v) is 5.76. The summed E-state index contributed by atoms with van der Waals surface area (Å²) < 4.78 is 11.9. The monoisotopic (exact) mass is 323 g/mol. The third-order valence-corrected chi connectivity index (χ3v) is 3.71. The summed E-state index contributed by atoms with van der Waals surface area (Å²) in [5.41, 5.74) is 0. The van der Waals surface area contributed by atoms with E-state index in [0.29, 0.717) is 27.3 Å². The van der Waals surface area contributed by atoms with Crippen LogP contribution in [0.15, 0.2) is 42.5 Å². The summed E-state index contributed by atoms with van der Waals surface area (Å²) in [5.74, 6) is 1.93. The van der Waals surface area contributed by atoms with Crippen molar-refractivity contribution in [2.24, 2.45) is 0 Å². The molecule has 1 saturated heterocycles. The number of nitrogens with one attached hydrogen (secondary N) is 1. The van der Waals surface area contributed by atoms with Gasteiger partial charge >= 0.3 is 0 Å². The van der Waals surface area contributed by atoms with E-state index >= 15 is 0 Å². The smallest absolute Gasteiger partial charge is 0.170 e. The van der Waals surface area contributed by atoms with E-state index in [1.54, 1.807) is 24.3 Å². The average molecular weight is 324 g/mol. The van der Waals surface area contributed by atoms with Gasteiger partial charge in [-0.15, -0.1) is 0 Å². The summed E-state index contributed by atoms with van der Waals surface area (Å²) in [6.45, 7) is 1.82. The van der Waals surface area contributed by atoms with Gasteiger partial charge in [0.2, 0.25) is 0 Å². The molecule has 5 heteroatoms. The quantitative estimate of drug-likeness (QED) is 0.896. The summed E-state index contributed by atoms with van der Waals surface area (Å²) >= 11 is 12.0. The minimum atomic E-state index is 0.160. The molecule has 3 nitrogen and oxygen atoms in total. The molecule has 0 spiro atoms. The van der Waals surface area contributed by atoms with E-state index in [1.807, 2.05) is 18.2 Å². The minimum absolute atomic E-state index is 0.160. The normalized spacial score (nSPS) is 17.7. The highest BCUT2D eigenvalue weighted by atomic mass is 35.5. The number of hydrogen-bond acceptors (Lipinski definition) is 3. The largest absolute Gasteiger partial charge is 0.485 e. The third-order valence-electron chi connectivity index (χ3n) is 3.24. The topological polar surface area (TPSA) is 30.5 Å². The maximum Gasteiger partial charge on any atom is 0.170 e. The second kappa shape index (κ2) is 6.56. The van der Waals surface area contributed by atoms with Gasteiger partial charge in [0.05, 0.1) is 0 Å². The van der Waals surface area contributed by atoms with Gasteiger partial charge in [0, 0.05) is 22.7 Å². The van der Waals surface area contributed by atoms with Crippen LogP contribution in [0.1, 0.15) is 6.42 Å². The van der Waals surface area contributed by atoms with Crippen molar-refractivity contribution in [1.29, 1.82) is 0 Å². The molecule has 0 bridgehead atoms. The number of hydrogen-bond donors (Lipinski definition) is 1. The molecule has 0 aromatic heterocycles. The average Bonchev–Trinajstić information content (AvgIpc) is 2.95. The van der Waals surface area contributed by atoms with Crippen molar-refractivity contribution in [3.63, 3.8) is 0 Å². The molecule has 1 aliphatic rings. The van der Waals surface area contributed by atoms with E-state index < -0.39 is 0 Å². The molecule has 1 aliphatic heterocycles. The molecule has 2 aromatic carbocycles. The molecule has 0 aliphatic carbocycles. The van der Waals surface area contributed by atoms with Crippen LogP contribution in [0.2, 0.25) is 10.0 Å². The Labute approximate surface area is 133 Å². The summed E-state index contributed by atoms with van der Waals surface area (Å²) in [4.78, 5) is 0. The standard InChI is InChI=1S/C16H15Cl2NO2/c17-11-2-1-3-13(8-11)20-16-9-12(18)4-5-15(16)21-14-6-7-19-10-14/h1-5,8-9,14,19H,6-7,10H2. The van der Waals surface area contributed by atoms with Crippen molar-refractivity contribution in [1.82, 2.24) is 5.32 Å². The van der Waals surface area contributed by atoms with Crippen LogP contribution >= 0.6 is 23.2 Å². The Morgan fingerprint density at radius 3 is 2.62 bits per heavy atom. The number of halogens is 2. The highest BCUT2D eigenvalue weighted by Gasteiger charge is 2.18. The van der Waals surface area contributed by atoms with Crippen LogP contribution in [-0.4, -0.2) is 19.2 Å². The van der Waals surface area contributed by atoms with Gasteiger partial charge in [-0.25, -0.2) is 0 Å². The summed E-state index contributed by atoms with van der Waals surface area (Å²) in [6, 6.07) is 12.6. The van der Waals surface area contributed by atoms with Gasteiger partial charge in [-0.1, -0.05) is 29.3 Å². The fourth-order valence-electron chi connectivity index (χ4n) is 2.22. The lowest BCUT2D eigenvalue weighted by atomic mass is 10.3. The van der Waals surface area contributed by atoms with Crippen molar-refractivity contribution in [3.8, 4) is 17.2 Å². The lowest BCUT2D eigenvalue weighted by Gasteiger charge is -2.16. The first-order chi connectivity index (χ1) is 10.2.